The van der Waals surface area contributed by atoms with E-state index in [1.807, 2.05) is 25.1 Å². The SMILES string of the molecule is [B]C([B])(Oc1nc(N2CC3CCC(C2)N3)c2cnc(-c3cc(C(C)(C)O)ccc3CC)c(F)c2n1)C12CCCN1CCC2. The molecule has 3 aromatic rings. The normalized spacial score (nSPS) is 23.7. The van der Waals surface area contributed by atoms with E-state index in [0.717, 1.165) is 70.3 Å². The van der Waals surface area contributed by atoms with Crippen molar-refractivity contribution in [2.75, 3.05) is 31.1 Å². The van der Waals surface area contributed by atoms with E-state index in [1.54, 1.807) is 20.0 Å². The topological polar surface area (TPSA) is 86.6 Å². The van der Waals surface area contributed by atoms with Crippen molar-refractivity contribution in [3.8, 4) is 17.3 Å². The van der Waals surface area contributed by atoms with Crippen LogP contribution in [0.1, 0.15) is 70.4 Å². The van der Waals surface area contributed by atoms with Gasteiger partial charge in [-0.05, 0) is 89.1 Å². The van der Waals surface area contributed by atoms with Crippen LogP contribution in [-0.2, 0) is 12.0 Å². The molecule has 0 aliphatic carbocycles. The average molecular weight is 580 g/mol. The van der Waals surface area contributed by atoms with Gasteiger partial charge >= 0.3 is 6.01 Å². The Labute approximate surface area is 255 Å². The van der Waals surface area contributed by atoms with E-state index in [-0.39, 0.29) is 17.2 Å². The summed E-state index contributed by atoms with van der Waals surface area (Å²) in [7, 11) is 13.6. The minimum atomic E-state index is -1.55. The van der Waals surface area contributed by atoms with Crippen molar-refractivity contribution in [3.05, 3.63) is 41.3 Å². The number of nitrogens with one attached hydrogen (secondary N) is 1. The minimum absolute atomic E-state index is 0.0245. The van der Waals surface area contributed by atoms with Gasteiger partial charge in [0, 0.05) is 47.9 Å². The molecule has 2 N–H and O–H groups in total. The van der Waals surface area contributed by atoms with Crippen LogP contribution in [0.4, 0.5) is 10.2 Å². The number of pyridine rings is 1. The van der Waals surface area contributed by atoms with Crippen LogP contribution in [0, 0.1) is 5.82 Å². The Kier molecular flexibility index (Phi) is 7.02. The molecule has 0 amide bonds. The molecule has 1 aromatic carbocycles. The summed E-state index contributed by atoms with van der Waals surface area (Å²) < 4.78 is 23.1. The number of aryl methyl sites for hydroxylation is 1. The summed E-state index contributed by atoms with van der Waals surface area (Å²) in [6, 6.07) is 6.29. The molecule has 2 bridgehead atoms. The first-order chi connectivity index (χ1) is 20.5. The number of ether oxygens (including phenoxy) is 1. The Balaban J connectivity index is 1.37. The highest BCUT2D eigenvalue weighted by Gasteiger charge is 2.54. The largest absolute Gasteiger partial charge is 0.475 e. The predicted octanol–water partition coefficient (Wildman–Crippen LogP) is 3.56. The zero-order valence-electron chi connectivity index (χ0n) is 25.4. The van der Waals surface area contributed by atoms with Crippen LogP contribution in [0.25, 0.3) is 22.2 Å². The second-order valence-corrected chi connectivity index (χ2v) is 13.5. The highest BCUT2D eigenvalue weighted by molar-refractivity contribution is 6.40. The molecule has 6 heterocycles. The number of aromatic nitrogens is 3. The number of hydrogen-bond donors (Lipinski definition) is 2. The summed E-state index contributed by atoms with van der Waals surface area (Å²) in [5, 5.41) is 13.3. The molecule has 2 aromatic heterocycles. The smallest absolute Gasteiger partial charge is 0.318 e. The van der Waals surface area contributed by atoms with Crippen LogP contribution in [0.5, 0.6) is 6.01 Å². The number of halogens is 1. The van der Waals surface area contributed by atoms with Crippen molar-refractivity contribution < 1.29 is 14.2 Å². The highest BCUT2D eigenvalue weighted by atomic mass is 19.1. The fraction of sp³-hybridized carbons (Fsp3) is 0.594. The Morgan fingerprint density at radius 3 is 2.47 bits per heavy atom. The summed E-state index contributed by atoms with van der Waals surface area (Å²) in [5.41, 5.74) is 0.929. The van der Waals surface area contributed by atoms with E-state index in [1.165, 1.54) is 0 Å². The van der Waals surface area contributed by atoms with E-state index in [4.69, 9.17) is 25.4 Å². The Morgan fingerprint density at radius 1 is 1.12 bits per heavy atom. The van der Waals surface area contributed by atoms with Gasteiger partial charge in [0.1, 0.15) is 32.7 Å². The monoisotopic (exact) mass is 580 g/mol. The van der Waals surface area contributed by atoms with E-state index >= 15 is 4.39 Å². The van der Waals surface area contributed by atoms with Crippen molar-refractivity contribution in [1.29, 1.82) is 0 Å². The molecule has 4 saturated heterocycles. The number of aliphatic hydroxyl groups is 1. The molecule has 8 nitrogen and oxygen atoms in total. The fourth-order valence-electron chi connectivity index (χ4n) is 7.94. The first kappa shape index (κ1) is 29.0. The minimum Gasteiger partial charge on any atom is -0.475 e. The maximum Gasteiger partial charge on any atom is 0.318 e. The molecule has 0 saturated carbocycles. The molecule has 4 fully saturated rings. The van der Waals surface area contributed by atoms with Crippen LogP contribution >= 0.6 is 0 Å². The van der Waals surface area contributed by atoms with Gasteiger partial charge in [-0.25, -0.2) is 4.39 Å². The standard InChI is InChI=1S/C32H39B2FN6O2/c1-4-19-7-8-20(30(2,3)42)15-23(19)26-25(35)27-24(16-36-26)28(40-17-21-9-10-22(18-40)37-21)39-29(38-27)43-32(33,34)31-11-5-13-41(31)14-6-12-31/h7-8,15-16,21-22,37,42H,4-6,9-14,17-18H2,1-3H3. The lowest BCUT2D eigenvalue weighted by molar-refractivity contribution is 0.0507. The first-order valence-corrected chi connectivity index (χ1v) is 15.7. The van der Waals surface area contributed by atoms with E-state index in [9.17, 15) is 5.11 Å². The van der Waals surface area contributed by atoms with Crippen LogP contribution in [0.3, 0.4) is 0 Å². The van der Waals surface area contributed by atoms with E-state index in [2.05, 4.69) is 25.1 Å². The summed E-state index contributed by atoms with van der Waals surface area (Å²) in [6.45, 7) is 8.79. The van der Waals surface area contributed by atoms with Gasteiger partial charge < -0.3 is 20.1 Å². The van der Waals surface area contributed by atoms with Crippen molar-refractivity contribution in [1.82, 2.24) is 25.2 Å². The van der Waals surface area contributed by atoms with Crippen molar-refractivity contribution in [2.24, 2.45) is 0 Å². The van der Waals surface area contributed by atoms with Crippen LogP contribution in [0.2, 0.25) is 0 Å². The van der Waals surface area contributed by atoms with Crippen molar-refractivity contribution >= 4 is 32.4 Å². The van der Waals surface area contributed by atoms with Crippen LogP contribution < -0.4 is 15.0 Å². The molecule has 2 atom stereocenters. The van der Waals surface area contributed by atoms with Gasteiger partial charge in [-0.1, -0.05) is 19.1 Å². The van der Waals surface area contributed by atoms with E-state index < -0.39 is 22.4 Å². The third-order valence-corrected chi connectivity index (χ3v) is 10.2. The predicted molar refractivity (Wildman–Crippen MR) is 167 cm³/mol. The molecule has 4 aliphatic rings. The molecule has 4 aliphatic heterocycles. The summed E-state index contributed by atoms with van der Waals surface area (Å²) in [6.07, 6.45) is 8.20. The molecule has 43 heavy (non-hydrogen) atoms. The van der Waals surface area contributed by atoms with Gasteiger partial charge in [0.25, 0.3) is 0 Å². The summed E-state index contributed by atoms with van der Waals surface area (Å²) in [4.78, 5) is 18.7. The zero-order chi connectivity index (χ0) is 30.1. The Bertz CT molecular complexity index is 1540. The lowest BCUT2D eigenvalue weighted by atomic mass is 9.53. The molecule has 11 heteroatoms. The number of anilines is 1. The lowest BCUT2D eigenvalue weighted by Gasteiger charge is -2.46. The Hall–Kier alpha value is -2.75. The average Bonchev–Trinajstić information content (AvgIpc) is 3.67. The number of fused-ring (bicyclic) bond motifs is 4. The quantitative estimate of drug-likeness (QED) is 0.411. The molecule has 7 rings (SSSR count). The second kappa shape index (κ2) is 10.4. The maximum absolute atomic E-state index is 16.8. The number of benzene rings is 1. The molecule has 4 radical (unpaired) electrons. The van der Waals surface area contributed by atoms with Gasteiger partial charge in [0.2, 0.25) is 0 Å². The zero-order valence-corrected chi connectivity index (χ0v) is 25.4. The number of piperazine rings is 1. The number of nitrogens with zero attached hydrogens (tertiary/aromatic N) is 5. The van der Waals surface area contributed by atoms with Crippen LogP contribution in [-0.4, -0.2) is 89.9 Å². The molecule has 2 unspecified atom stereocenters. The third-order valence-electron chi connectivity index (χ3n) is 10.2. The Morgan fingerprint density at radius 2 is 1.81 bits per heavy atom. The molecule has 222 valence electrons. The first-order valence-electron chi connectivity index (χ1n) is 15.7. The summed E-state index contributed by atoms with van der Waals surface area (Å²) in [5.74, 6) is 0.0215. The number of rotatable bonds is 7. The molecular weight excluding hydrogens is 541 g/mol. The van der Waals surface area contributed by atoms with E-state index in [0.29, 0.717) is 40.8 Å². The van der Waals surface area contributed by atoms with Gasteiger partial charge in [0.05, 0.1) is 11.0 Å². The molecule has 0 spiro atoms. The lowest BCUT2D eigenvalue weighted by Crippen LogP contribution is -2.63. The van der Waals surface area contributed by atoms with Gasteiger partial charge in [-0.3, -0.25) is 9.88 Å². The van der Waals surface area contributed by atoms with Gasteiger partial charge in [-0.15, -0.1) is 0 Å². The summed E-state index contributed by atoms with van der Waals surface area (Å²) >= 11 is 0. The fourth-order valence-corrected chi connectivity index (χ4v) is 7.94. The van der Waals surface area contributed by atoms with Gasteiger partial charge in [-0.2, -0.15) is 9.97 Å². The highest BCUT2D eigenvalue weighted by Crippen LogP contribution is 2.46. The maximum atomic E-state index is 16.8. The third kappa shape index (κ3) is 4.82. The second-order valence-electron chi connectivity index (χ2n) is 13.5. The van der Waals surface area contributed by atoms with Crippen molar-refractivity contribution in [2.45, 2.75) is 94.3 Å². The van der Waals surface area contributed by atoms with Crippen molar-refractivity contribution in [3.63, 3.8) is 0 Å². The van der Waals surface area contributed by atoms with Gasteiger partial charge in [0.15, 0.2) is 5.82 Å². The molecular formula is C32H39B2FN6O2. The number of hydrogen-bond acceptors (Lipinski definition) is 8. The van der Waals surface area contributed by atoms with Crippen LogP contribution in [0.15, 0.2) is 24.4 Å².